The third-order valence-corrected chi connectivity index (χ3v) is 5.56. The zero-order valence-electron chi connectivity index (χ0n) is 19.6. The molecule has 1 heterocycles. The minimum Gasteiger partial charge on any atom is -0.447 e. The van der Waals surface area contributed by atoms with Crippen LogP contribution >= 0.6 is 0 Å². The predicted molar refractivity (Wildman–Crippen MR) is 128 cm³/mol. The molecule has 0 saturated heterocycles. The van der Waals surface area contributed by atoms with E-state index in [9.17, 15) is 14.4 Å². The quantitative estimate of drug-likeness (QED) is 0.622. The van der Waals surface area contributed by atoms with Crippen LogP contribution in [0.15, 0.2) is 42.5 Å². The minimum absolute atomic E-state index is 0.0486. The van der Waals surface area contributed by atoms with E-state index in [1.165, 1.54) is 0 Å². The zero-order valence-corrected chi connectivity index (χ0v) is 19.6. The Balaban J connectivity index is 1.93. The molecule has 2 unspecified atom stereocenters. The molecule has 0 spiro atoms. The van der Waals surface area contributed by atoms with Crippen LogP contribution < -0.4 is 21.3 Å². The van der Waals surface area contributed by atoms with Gasteiger partial charge in [0.1, 0.15) is 0 Å². The topological polar surface area (TPSA) is 114 Å². The standard InChI is InChI=1S/C25H32N4O4/c1-15(2)33-25(32)28-22-13-16(3)29(17(4)30)23-10-9-20(14-21(22)23)18-5-7-19(8-6-18)24(31)27-12-11-26/h5-10,14-16,22H,11-13,26H2,1-4H3,(H,27,31)(H,28,32). The van der Waals surface area contributed by atoms with Crippen LogP contribution in [-0.4, -0.2) is 43.1 Å². The van der Waals surface area contributed by atoms with E-state index in [1.54, 1.807) is 37.8 Å². The number of benzene rings is 2. The maximum Gasteiger partial charge on any atom is 0.407 e. The first-order valence-corrected chi connectivity index (χ1v) is 11.2. The normalized spacial score (nSPS) is 17.3. The van der Waals surface area contributed by atoms with Crippen molar-refractivity contribution in [1.29, 1.82) is 0 Å². The third kappa shape index (κ3) is 5.70. The predicted octanol–water partition coefficient (Wildman–Crippen LogP) is 3.36. The van der Waals surface area contributed by atoms with Gasteiger partial charge < -0.3 is 26.0 Å². The summed E-state index contributed by atoms with van der Waals surface area (Å²) < 4.78 is 5.28. The number of hydrogen-bond acceptors (Lipinski definition) is 5. The molecule has 1 aliphatic heterocycles. The summed E-state index contributed by atoms with van der Waals surface area (Å²) in [6, 6.07) is 12.8. The number of carbonyl (C=O) groups is 3. The summed E-state index contributed by atoms with van der Waals surface area (Å²) >= 11 is 0. The number of nitrogens with zero attached hydrogens (tertiary/aromatic N) is 1. The number of carbonyl (C=O) groups excluding carboxylic acids is 3. The highest BCUT2D eigenvalue weighted by Crippen LogP contribution is 2.39. The fourth-order valence-electron chi connectivity index (χ4n) is 4.15. The Kier molecular flexibility index (Phi) is 7.71. The smallest absolute Gasteiger partial charge is 0.407 e. The van der Waals surface area contributed by atoms with E-state index in [0.717, 1.165) is 22.4 Å². The minimum atomic E-state index is -0.484. The zero-order chi connectivity index (χ0) is 24.1. The second-order valence-electron chi connectivity index (χ2n) is 8.52. The SMILES string of the molecule is CC(=O)N1c2ccc(-c3ccc(C(=O)NCCN)cc3)cc2C(NC(=O)OC(C)C)CC1C. The Labute approximate surface area is 194 Å². The van der Waals surface area contributed by atoms with E-state index in [4.69, 9.17) is 10.5 Å². The number of amides is 3. The maximum atomic E-state index is 12.3. The van der Waals surface area contributed by atoms with Gasteiger partial charge in [-0.15, -0.1) is 0 Å². The highest BCUT2D eigenvalue weighted by molar-refractivity contribution is 5.95. The van der Waals surface area contributed by atoms with Crippen molar-refractivity contribution < 1.29 is 19.1 Å². The van der Waals surface area contributed by atoms with E-state index < -0.39 is 6.09 Å². The highest BCUT2D eigenvalue weighted by atomic mass is 16.6. The molecular weight excluding hydrogens is 420 g/mol. The highest BCUT2D eigenvalue weighted by Gasteiger charge is 2.33. The molecule has 0 aromatic heterocycles. The first kappa shape index (κ1) is 24.3. The van der Waals surface area contributed by atoms with Gasteiger partial charge in [-0.1, -0.05) is 18.2 Å². The van der Waals surface area contributed by atoms with Gasteiger partial charge in [0, 0.05) is 37.3 Å². The lowest BCUT2D eigenvalue weighted by Crippen LogP contribution is -2.45. The van der Waals surface area contributed by atoms with E-state index >= 15 is 0 Å². The molecule has 4 N–H and O–H groups in total. The molecule has 1 aliphatic rings. The summed E-state index contributed by atoms with van der Waals surface area (Å²) in [6.07, 6.45) is -0.141. The molecule has 0 radical (unpaired) electrons. The fraction of sp³-hybridized carbons (Fsp3) is 0.400. The van der Waals surface area contributed by atoms with Crippen molar-refractivity contribution in [1.82, 2.24) is 10.6 Å². The Bertz CT molecular complexity index is 1020. The van der Waals surface area contributed by atoms with Crippen molar-refractivity contribution >= 4 is 23.6 Å². The van der Waals surface area contributed by atoms with Gasteiger partial charge in [0.15, 0.2) is 0 Å². The third-order valence-electron chi connectivity index (χ3n) is 5.56. The van der Waals surface area contributed by atoms with E-state index in [2.05, 4.69) is 10.6 Å². The molecule has 8 heteroatoms. The van der Waals surface area contributed by atoms with Gasteiger partial charge in [-0.05, 0) is 68.1 Å². The van der Waals surface area contributed by atoms with Crippen LogP contribution in [0.1, 0.15) is 56.1 Å². The lowest BCUT2D eigenvalue weighted by Gasteiger charge is -2.39. The lowest BCUT2D eigenvalue weighted by atomic mass is 9.89. The molecule has 0 saturated carbocycles. The lowest BCUT2D eigenvalue weighted by molar-refractivity contribution is -0.117. The van der Waals surface area contributed by atoms with Gasteiger partial charge in [-0.3, -0.25) is 9.59 Å². The van der Waals surface area contributed by atoms with Gasteiger partial charge in [-0.25, -0.2) is 4.79 Å². The van der Waals surface area contributed by atoms with Crippen molar-refractivity contribution in [2.75, 3.05) is 18.0 Å². The Morgan fingerprint density at radius 2 is 1.79 bits per heavy atom. The van der Waals surface area contributed by atoms with Crippen molar-refractivity contribution in [3.63, 3.8) is 0 Å². The second kappa shape index (κ2) is 10.5. The summed E-state index contributed by atoms with van der Waals surface area (Å²) in [6.45, 7) is 7.91. The molecule has 0 aliphatic carbocycles. The van der Waals surface area contributed by atoms with Gasteiger partial charge in [0.05, 0.1) is 12.1 Å². The Morgan fingerprint density at radius 1 is 1.12 bits per heavy atom. The number of nitrogens with two attached hydrogens (primary N) is 1. The molecule has 3 amide bonds. The number of ether oxygens (including phenoxy) is 1. The number of alkyl carbamates (subject to hydrolysis) is 1. The number of anilines is 1. The van der Waals surface area contributed by atoms with Crippen molar-refractivity contribution in [2.24, 2.45) is 5.73 Å². The second-order valence-corrected chi connectivity index (χ2v) is 8.52. The number of nitrogens with one attached hydrogen (secondary N) is 2. The molecule has 2 aromatic carbocycles. The molecular formula is C25H32N4O4. The van der Waals surface area contributed by atoms with Crippen LogP contribution in [0.2, 0.25) is 0 Å². The van der Waals surface area contributed by atoms with Gasteiger partial charge >= 0.3 is 6.09 Å². The largest absolute Gasteiger partial charge is 0.447 e. The van der Waals surface area contributed by atoms with Crippen LogP contribution in [0.25, 0.3) is 11.1 Å². The molecule has 2 aromatic rings. The summed E-state index contributed by atoms with van der Waals surface area (Å²) in [5.74, 6) is -0.219. The van der Waals surface area contributed by atoms with E-state index in [0.29, 0.717) is 25.1 Å². The van der Waals surface area contributed by atoms with E-state index in [-0.39, 0.29) is 30.0 Å². The van der Waals surface area contributed by atoms with Crippen LogP contribution in [0.3, 0.4) is 0 Å². The van der Waals surface area contributed by atoms with Crippen molar-refractivity contribution in [3.05, 3.63) is 53.6 Å². The monoisotopic (exact) mass is 452 g/mol. The van der Waals surface area contributed by atoms with Gasteiger partial charge in [-0.2, -0.15) is 0 Å². The molecule has 176 valence electrons. The first-order chi connectivity index (χ1) is 15.7. The van der Waals surface area contributed by atoms with Crippen molar-refractivity contribution in [3.8, 4) is 11.1 Å². The van der Waals surface area contributed by atoms with Crippen LogP contribution in [-0.2, 0) is 9.53 Å². The Hall–Kier alpha value is -3.39. The van der Waals surface area contributed by atoms with Gasteiger partial charge in [0.2, 0.25) is 5.91 Å². The van der Waals surface area contributed by atoms with Crippen LogP contribution in [0, 0.1) is 0 Å². The summed E-state index contributed by atoms with van der Waals surface area (Å²) in [4.78, 5) is 38.6. The molecule has 2 atom stereocenters. The van der Waals surface area contributed by atoms with E-state index in [1.807, 2.05) is 37.3 Å². The average molecular weight is 453 g/mol. The molecule has 3 rings (SSSR count). The Morgan fingerprint density at radius 3 is 2.39 bits per heavy atom. The number of fused-ring (bicyclic) bond motifs is 1. The number of hydrogen-bond donors (Lipinski definition) is 3. The molecule has 0 bridgehead atoms. The summed E-state index contributed by atoms with van der Waals surface area (Å²) in [5, 5.41) is 5.71. The van der Waals surface area contributed by atoms with Crippen LogP contribution in [0.4, 0.5) is 10.5 Å². The summed E-state index contributed by atoms with van der Waals surface area (Å²) in [5.41, 5.74) is 9.46. The maximum absolute atomic E-state index is 12.3. The van der Waals surface area contributed by atoms with Gasteiger partial charge in [0.25, 0.3) is 5.91 Å². The van der Waals surface area contributed by atoms with Crippen molar-refractivity contribution in [2.45, 2.75) is 52.3 Å². The molecule has 0 fully saturated rings. The molecule has 8 nitrogen and oxygen atoms in total. The molecule has 33 heavy (non-hydrogen) atoms. The fourth-order valence-corrected chi connectivity index (χ4v) is 4.15. The summed E-state index contributed by atoms with van der Waals surface area (Å²) in [7, 11) is 0. The number of rotatable bonds is 6. The average Bonchev–Trinajstić information content (AvgIpc) is 2.76. The van der Waals surface area contributed by atoms with Crippen LogP contribution in [0.5, 0.6) is 0 Å². The first-order valence-electron chi connectivity index (χ1n) is 11.2.